The van der Waals surface area contributed by atoms with Crippen LogP contribution in [0, 0.1) is 11.6 Å². The van der Waals surface area contributed by atoms with Crippen LogP contribution in [-0.4, -0.2) is 27.9 Å². The Bertz CT molecular complexity index is 1210. The van der Waals surface area contributed by atoms with Crippen molar-refractivity contribution in [3.8, 4) is 5.75 Å². The number of halogens is 5. The Balaban J connectivity index is 2.10. The summed E-state index contributed by atoms with van der Waals surface area (Å²) in [6, 6.07) is 4.43. The van der Waals surface area contributed by atoms with Gasteiger partial charge in [0.1, 0.15) is 11.8 Å². The SMILES string of the molecule is CCC(C(=O)O)n1c(=NC(=O)c2ccc(OC(F)(F)F)cc2)sc2cc(F)c(F)cc21. The molecule has 0 aliphatic rings. The van der Waals surface area contributed by atoms with Gasteiger partial charge >= 0.3 is 12.3 Å². The van der Waals surface area contributed by atoms with Crippen LogP contribution in [0.4, 0.5) is 22.0 Å². The monoisotopic (exact) mass is 460 g/mol. The van der Waals surface area contributed by atoms with Gasteiger partial charge in [0.25, 0.3) is 5.91 Å². The van der Waals surface area contributed by atoms with Crippen LogP contribution in [0.3, 0.4) is 0 Å². The second-order valence-corrected chi connectivity index (χ2v) is 7.25. The molecule has 3 aromatic rings. The Morgan fingerprint density at radius 3 is 2.32 bits per heavy atom. The molecule has 1 atom stereocenters. The number of aromatic nitrogens is 1. The number of aliphatic carboxylic acids is 1. The molecule has 1 N–H and O–H groups in total. The lowest BCUT2D eigenvalue weighted by Crippen LogP contribution is -2.27. The summed E-state index contributed by atoms with van der Waals surface area (Å²) in [6.45, 7) is 1.56. The molecular formula is C19H13F5N2O4S. The summed E-state index contributed by atoms with van der Waals surface area (Å²) >= 11 is 0.774. The smallest absolute Gasteiger partial charge is 0.480 e. The predicted molar refractivity (Wildman–Crippen MR) is 99.7 cm³/mol. The lowest BCUT2D eigenvalue weighted by molar-refractivity contribution is -0.274. The van der Waals surface area contributed by atoms with Crippen molar-refractivity contribution in [3.05, 3.63) is 58.4 Å². The van der Waals surface area contributed by atoms with Gasteiger partial charge < -0.3 is 14.4 Å². The topological polar surface area (TPSA) is 80.9 Å². The van der Waals surface area contributed by atoms with Gasteiger partial charge in [-0.3, -0.25) is 4.79 Å². The fraction of sp³-hybridized carbons (Fsp3) is 0.211. The third kappa shape index (κ3) is 4.90. The van der Waals surface area contributed by atoms with Crippen molar-refractivity contribution in [1.29, 1.82) is 0 Å². The molecule has 1 amide bonds. The first-order valence-corrected chi connectivity index (χ1v) is 9.49. The number of thiazole rings is 1. The molecule has 0 bridgehead atoms. The molecule has 1 heterocycles. The summed E-state index contributed by atoms with van der Waals surface area (Å²) in [5.74, 6) is -5.04. The molecule has 0 radical (unpaired) electrons. The Morgan fingerprint density at radius 1 is 1.16 bits per heavy atom. The molecule has 2 aromatic carbocycles. The highest BCUT2D eigenvalue weighted by Gasteiger charge is 2.31. The lowest BCUT2D eigenvalue weighted by atomic mass is 10.2. The molecule has 1 unspecified atom stereocenters. The fourth-order valence-electron chi connectivity index (χ4n) is 2.83. The van der Waals surface area contributed by atoms with Crippen LogP contribution in [0.1, 0.15) is 29.7 Å². The highest BCUT2D eigenvalue weighted by Crippen LogP contribution is 2.26. The van der Waals surface area contributed by atoms with Crippen LogP contribution < -0.4 is 9.54 Å². The number of carboxylic acid groups (broad SMARTS) is 1. The molecular weight excluding hydrogens is 447 g/mol. The van der Waals surface area contributed by atoms with Gasteiger partial charge in [-0.15, -0.1) is 13.2 Å². The van der Waals surface area contributed by atoms with E-state index in [0.29, 0.717) is 0 Å². The van der Waals surface area contributed by atoms with Crippen molar-refractivity contribution < 1.29 is 41.4 Å². The maximum absolute atomic E-state index is 13.8. The van der Waals surface area contributed by atoms with Crippen molar-refractivity contribution >= 4 is 33.4 Å². The molecule has 164 valence electrons. The second kappa shape index (κ2) is 8.46. The Labute approximate surface area is 174 Å². The van der Waals surface area contributed by atoms with Crippen LogP contribution in [0.2, 0.25) is 0 Å². The van der Waals surface area contributed by atoms with Crippen LogP contribution >= 0.6 is 11.3 Å². The summed E-state index contributed by atoms with van der Waals surface area (Å²) in [5, 5.41) is 9.51. The number of ether oxygens (including phenoxy) is 1. The number of hydrogen-bond acceptors (Lipinski definition) is 4. The zero-order chi connectivity index (χ0) is 22.9. The van der Waals surface area contributed by atoms with E-state index in [1.165, 1.54) is 0 Å². The first-order chi connectivity index (χ1) is 14.5. The Kier molecular flexibility index (Phi) is 6.11. The number of nitrogens with zero attached hydrogens (tertiary/aromatic N) is 2. The van der Waals surface area contributed by atoms with E-state index in [9.17, 15) is 36.6 Å². The lowest BCUT2D eigenvalue weighted by Gasteiger charge is -2.13. The molecule has 0 aliphatic heterocycles. The van der Waals surface area contributed by atoms with Crippen molar-refractivity contribution in [2.75, 3.05) is 0 Å². The third-order valence-electron chi connectivity index (χ3n) is 4.18. The number of fused-ring (bicyclic) bond motifs is 1. The first kappa shape index (κ1) is 22.4. The molecule has 31 heavy (non-hydrogen) atoms. The summed E-state index contributed by atoms with van der Waals surface area (Å²) in [5.41, 5.74) is -0.0575. The van der Waals surface area contributed by atoms with Crippen molar-refractivity contribution in [1.82, 2.24) is 4.57 Å². The number of carbonyl (C=O) groups excluding carboxylic acids is 1. The van der Waals surface area contributed by atoms with E-state index in [4.69, 9.17) is 0 Å². The Hall–Kier alpha value is -3.28. The molecule has 0 saturated heterocycles. The number of carboxylic acids is 1. The zero-order valence-electron chi connectivity index (χ0n) is 15.6. The van der Waals surface area contributed by atoms with E-state index in [1.54, 1.807) is 6.92 Å². The number of alkyl halides is 3. The van der Waals surface area contributed by atoms with Crippen LogP contribution in [-0.2, 0) is 4.79 Å². The number of hydrogen-bond donors (Lipinski definition) is 1. The molecule has 6 nitrogen and oxygen atoms in total. The largest absolute Gasteiger partial charge is 0.573 e. The van der Waals surface area contributed by atoms with E-state index in [0.717, 1.165) is 52.3 Å². The maximum Gasteiger partial charge on any atom is 0.573 e. The van der Waals surface area contributed by atoms with E-state index in [-0.39, 0.29) is 27.0 Å². The standard InChI is InChI=1S/C19H13F5N2O4S/c1-2-13(17(28)29)26-14-7-11(20)12(21)8-15(14)31-18(26)25-16(27)9-3-5-10(6-4-9)30-19(22,23)24/h3-8,13H,2H2,1H3,(H,28,29). The number of amides is 1. The minimum Gasteiger partial charge on any atom is -0.480 e. The normalized spacial score (nSPS) is 13.4. The summed E-state index contributed by atoms with van der Waals surface area (Å²) in [4.78, 5) is 27.9. The molecule has 0 spiro atoms. The van der Waals surface area contributed by atoms with Crippen molar-refractivity contribution in [2.24, 2.45) is 4.99 Å². The highest BCUT2D eigenvalue weighted by atomic mass is 32.1. The molecule has 12 heteroatoms. The summed E-state index contributed by atoms with van der Waals surface area (Å²) in [7, 11) is 0. The average molecular weight is 460 g/mol. The molecule has 1 aromatic heterocycles. The van der Waals surface area contributed by atoms with Gasteiger partial charge in [-0.25, -0.2) is 13.6 Å². The fourth-order valence-corrected chi connectivity index (χ4v) is 3.91. The molecule has 0 fully saturated rings. The van der Waals surface area contributed by atoms with E-state index >= 15 is 0 Å². The van der Waals surface area contributed by atoms with Gasteiger partial charge in [0.15, 0.2) is 16.4 Å². The van der Waals surface area contributed by atoms with Gasteiger partial charge in [-0.1, -0.05) is 18.3 Å². The average Bonchev–Trinajstić information content (AvgIpc) is 2.98. The van der Waals surface area contributed by atoms with Crippen LogP contribution in [0.25, 0.3) is 10.2 Å². The third-order valence-corrected chi connectivity index (χ3v) is 5.20. The molecule has 3 rings (SSSR count). The van der Waals surface area contributed by atoms with Gasteiger partial charge in [0.2, 0.25) is 0 Å². The molecule has 0 aliphatic carbocycles. The Morgan fingerprint density at radius 2 is 1.77 bits per heavy atom. The minimum absolute atomic E-state index is 0.0404. The summed E-state index contributed by atoms with van der Waals surface area (Å²) < 4.78 is 69.2. The van der Waals surface area contributed by atoms with E-state index in [1.807, 2.05) is 0 Å². The van der Waals surface area contributed by atoms with Crippen molar-refractivity contribution in [2.45, 2.75) is 25.7 Å². The van der Waals surface area contributed by atoms with Gasteiger partial charge in [0, 0.05) is 11.6 Å². The summed E-state index contributed by atoms with van der Waals surface area (Å²) in [6.07, 6.45) is -4.83. The van der Waals surface area contributed by atoms with Gasteiger partial charge in [-0.05, 0) is 36.8 Å². The second-order valence-electron chi connectivity index (χ2n) is 6.24. The highest BCUT2D eigenvalue weighted by molar-refractivity contribution is 7.16. The zero-order valence-corrected chi connectivity index (χ0v) is 16.4. The van der Waals surface area contributed by atoms with Crippen molar-refractivity contribution in [3.63, 3.8) is 0 Å². The van der Waals surface area contributed by atoms with Gasteiger partial charge in [-0.2, -0.15) is 4.99 Å². The van der Waals surface area contributed by atoms with E-state index < -0.39 is 41.7 Å². The molecule has 0 saturated carbocycles. The maximum atomic E-state index is 13.8. The number of rotatable bonds is 5. The minimum atomic E-state index is -4.89. The van der Waals surface area contributed by atoms with Crippen LogP contribution in [0.5, 0.6) is 5.75 Å². The first-order valence-electron chi connectivity index (χ1n) is 8.68. The van der Waals surface area contributed by atoms with Crippen LogP contribution in [0.15, 0.2) is 41.4 Å². The van der Waals surface area contributed by atoms with E-state index in [2.05, 4.69) is 9.73 Å². The number of benzene rings is 2. The number of carbonyl (C=O) groups is 2. The predicted octanol–water partition coefficient (Wildman–Crippen LogP) is 4.66. The quantitative estimate of drug-likeness (QED) is 0.562. The van der Waals surface area contributed by atoms with Gasteiger partial charge in [0.05, 0.1) is 10.2 Å².